The quantitative estimate of drug-likeness (QED) is 0.547. The third kappa shape index (κ3) is 3.49. The second kappa shape index (κ2) is 5.67. The van der Waals surface area contributed by atoms with Gasteiger partial charge in [0.05, 0.1) is 12.5 Å². The highest BCUT2D eigenvalue weighted by Crippen LogP contribution is 2.12. The fraction of sp³-hybridized carbons (Fsp3) is 0.778. The summed E-state index contributed by atoms with van der Waals surface area (Å²) in [6, 6.07) is -1.01. The Hall–Kier alpha value is -1.14. The van der Waals surface area contributed by atoms with E-state index in [9.17, 15) is 9.59 Å². The van der Waals surface area contributed by atoms with Gasteiger partial charge in [-0.2, -0.15) is 0 Å². The summed E-state index contributed by atoms with van der Waals surface area (Å²) in [6.45, 7) is 0.617. The molecule has 0 aromatic rings. The monoisotopic (exact) mass is 217 g/mol. The topological polar surface area (TPSA) is 95.9 Å². The van der Waals surface area contributed by atoms with Crippen molar-refractivity contribution < 1.29 is 24.5 Å². The van der Waals surface area contributed by atoms with Crippen molar-refractivity contribution in [2.75, 3.05) is 19.8 Å². The number of ether oxygens (including phenoxy) is 1. The summed E-state index contributed by atoms with van der Waals surface area (Å²) in [6.07, 6.45) is 0.645. The van der Waals surface area contributed by atoms with E-state index in [1.807, 2.05) is 0 Å². The molecule has 6 heteroatoms. The van der Waals surface area contributed by atoms with Crippen LogP contribution in [0.25, 0.3) is 0 Å². The molecule has 1 fully saturated rings. The summed E-state index contributed by atoms with van der Waals surface area (Å²) in [5, 5.41) is 19.7. The SMILES string of the molecule is O=C(N[C@@H](CCO)C(=O)O)C1CCOC1. The van der Waals surface area contributed by atoms with Crippen LogP contribution in [0.15, 0.2) is 0 Å². The molecule has 2 atom stereocenters. The maximum Gasteiger partial charge on any atom is 0.326 e. The van der Waals surface area contributed by atoms with Crippen molar-refractivity contribution in [2.45, 2.75) is 18.9 Å². The number of amides is 1. The molecule has 0 saturated carbocycles. The molecule has 0 radical (unpaired) electrons. The van der Waals surface area contributed by atoms with Gasteiger partial charge < -0.3 is 20.3 Å². The second-order valence-electron chi connectivity index (χ2n) is 3.47. The Labute approximate surface area is 87.2 Å². The first-order valence-corrected chi connectivity index (χ1v) is 4.87. The summed E-state index contributed by atoms with van der Waals surface area (Å²) < 4.78 is 5.02. The van der Waals surface area contributed by atoms with Gasteiger partial charge in [0.15, 0.2) is 0 Å². The third-order valence-corrected chi connectivity index (χ3v) is 2.33. The minimum atomic E-state index is -1.13. The molecule has 1 rings (SSSR count). The molecule has 1 unspecified atom stereocenters. The van der Waals surface area contributed by atoms with Gasteiger partial charge in [-0.3, -0.25) is 4.79 Å². The molecule has 0 aromatic heterocycles. The summed E-state index contributed by atoms with van der Waals surface area (Å²) in [5.74, 6) is -1.70. The van der Waals surface area contributed by atoms with Crippen LogP contribution in [0, 0.1) is 5.92 Å². The van der Waals surface area contributed by atoms with Gasteiger partial charge in [-0.15, -0.1) is 0 Å². The van der Waals surface area contributed by atoms with E-state index in [4.69, 9.17) is 14.9 Å². The normalized spacial score (nSPS) is 22.3. The van der Waals surface area contributed by atoms with Crippen LogP contribution in [0.5, 0.6) is 0 Å². The first-order chi connectivity index (χ1) is 7.15. The zero-order valence-corrected chi connectivity index (χ0v) is 8.31. The van der Waals surface area contributed by atoms with Gasteiger partial charge in [0.1, 0.15) is 6.04 Å². The van der Waals surface area contributed by atoms with Gasteiger partial charge in [-0.25, -0.2) is 4.79 Å². The summed E-state index contributed by atoms with van der Waals surface area (Å²) in [7, 11) is 0. The standard InChI is InChI=1S/C9H15NO5/c11-3-1-7(9(13)14)10-8(12)6-2-4-15-5-6/h6-7,11H,1-5H2,(H,10,12)(H,13,14)/t6?,7-/m0/s1. The van der Waals surface area contributed by atoms with Gasteiger partial charge in [0.2, 0.25) is 5.91 Å². The number of carboxylic acids is 1. The lowest BCUT2D eigenvalue weighted by Crippen LogP contribution is -2.44. The average molecular weight is 217 g/mol. The van der Waals surface area contributed by atoms with Gasteiger partial charge in [0, 0.05) is 19.6 Å². The number of rotatable bonds is 5. The van der Waals surface area contributed by atoms with Gasteiger partial charge in [-0.05, 0) is 6.42 Å². The number of carbonyl (C=O) groups excluding carboxylic acids is 1. The van der Waals surface area contributed by atoms with Gasteiger partial charge in [0.25, 0.3) is 0 Å². The molecule has 1 aliphatic heterocycles. The molecule has 0 aliphatic carbocycles. The maximum atomic E-state index is 11.5. The van der Waals surface area contributed by atoms with E-state index in [0.717, 1.165) is 0 Å². The summed E-state index contributed by atoms with van der Waals surface area (Å²) in [4.78, 5) is 22.2. The molecule has 1 amide bonds. The Morgan fingerprint density at radius 2 is 2.27 bits per heavy atom. The van der Waals surface area contributed by atoms with Crippen LogP contribution in [0.3, 0.4) is 0 Å². The van der Waals surface area contributed by atoms with E-state index in [-0.39, 0.29) is 24.9 Å². The van der Waals surface area contributed by atoms with Crippen LogP contribution in [0.2, 0.25) is 0 Å². The zero-order chi connectivity index (χ0) is 11.3. The smallest absolute Gasteiger partial charge is 0.326 e. The molecular weight excluding hydrogens is 202 g/mol. The lowest BCUT2D eigenvalue weighted by Gasteiger charge is -2.15. The Kier molecular flexibility index (Phi) is 4.51. The van der Waals surface area contributed by atoms with E-state index in [0.29, 0.717) is 19.6 Å². The highest BCUT2D eigenvalue weighted by molar-refractivity contribution is 5.85. The Balaban J connectivity index is 2.42. The van der Waals surface area contributed by atoms with Crippen LogP contribution in [0.4, 0.5) is 0 Å². The average Bonchev–Trinajstić information content (AvgIpc) is 2.69. The molecule has 1 aliphatic rings. The number of aliphatic hydroxyl groups excluding tert-OH is 1. The third-order valence-electron chi connectivity index (χ3n) is 2.33. The molecule has 3 N–H and O–H groups in total. The molecule has 86 valence electrons. The van der Waals surface area contributed by atoms with Crippen LogP contribution in [-0.4, -0.2) is 48.0 Å². The molecule has 0 spiro atoms. The summed E-state index contributed by atoms with van der Waals surface area (Å²) in [5.41, 5.74) is 0. The Morgan fingerprint density at radius 3 is 2.73 bits per heavy atom. The fourth-order valence-electron chi connectivity index (χ4n) is 1.42. The zero-order valence-electron chi connectivity index (χ0n) is 8.31. The number of nitrogens with one attached hydrogen (secondary N) is 1. The number of hydrogen-bond donors (Lipinski definition) is 3. The predicted molar refractivity (Wildman–Crippen MR) is 50.2 cm³/mol. The largest absolute Gasteiger partial charge is 0.480 e. The van der Waals surface area contributed by atoms with Gasteiger partial charge in [-0.1, -0.05) is 0 Å². The first kappa shape index (κ1) is 11.9. The lowest BCUT2D eigenvalue weighted by molar-refractivity contribution is -0.142. The second-order valence-corrected chi connectivity index (χ2v) is 3.47. The van der Waals surface area contributed by atoms with Crippen molar-refractivity contribution in [3.05, 3.63) is 0 Å². The van der Waals surface area contributed by atoms with Crippen LogP contribution < -0.4 is 5.32 Å². The molecule has 6 nitrogen and oxygen atoms in total. The molecule has 0 bridgehead atoms. The molecule has 15 heavy (non-hydrogen) atoms. The van der Waals surface area contributed by atoms with Crippen LogP contribution in [-0.2, 0) is 14.3 Å². The van der Waals surface area contributed by atoms with Crippen LogP contribution >= 0.6 is 0 Å². The van der Waals surface area contributed by atoms with E-state index >= 15 is 0 Å². The number of hydrogen-bond acceptors (Lipinski definition) is 4. The van der Waals surface area contributed by atoms with Crippen LogP contribution in [0.1, 0.15) is 12.8 Å². The minimum Gasteiger partial charge on any atom is -0.480 e. The Bertz CT molecular complexity index is 237. The number of aliphatic carboxylic acids is 1. The number of carboxylic acid groups (broad SMARTS) is 1. The predicted octanol–water partition coefficient (Wildman–Crippen LogP) is -1.03. The van der Waals surface area contributed by atoms with E-state index < -0.39 is 12.0 Å². The summed E-state index contributed by atoms with van der Waals surface area (Å²) >= 11 is 0. The molecule has 1 saturated heterocycles. The van der Waals surface area contributed by atoms with Crippen molar-refractivity contribution in [1.29, 1.82) is 0 Å². The van der Waals surface area contributed by atoms with E-state index in [2.05, 4.69) is 5.32 Å². The molecular formula is C9H15NO5. The number of carbonyl (C=O) groups is 2. The van der Waals surface area contributed by atoms with Crippen molar-refractivity contribution in [2.24, 2.45) is 5.92 Å². The highest BCUT2D eigenvalue weighted by atomic mass is 16.5. The molecule has 1 heterocycles. The van der Waals surface area contributed by atoms with E-state index in [1.165, 1.54) is 0 Å². The number of aliphatic hydroxyl groups is 1. The van der Waals surface area contributed by atoms with Crippen molar-refractivity contribution in [3.8, 4) is 0 Å². The van der Waals surface area contributed by atoms with Gasteiger partial charge >= 0.3 is 5.97 Å². The van der Waals surface area contributed by atoms with Crippen molar-refractivity contribution in [1.82, 2.24) is 5.32 Å². The first-order valence-electron chi connectivity index (χ1n) is 4.87. The fourth-order valence-corrected chi connectivity index (χ4v) is 1.42. The highest BCUT2D eigenvalue weighted by Gasteiger charge is 2.27. The molecule has 0 aromatic carbocycles. The minimum absolute atomic E-state index is 0.0225. The lowest BCUT2D eigenvalue weighted by atomic mass is 10.1. The maximum absolute atomic E-state index is 11.5. The van der Waals surface area contributed by atoms with Crippen molar-refractivity contribution >= 4 is 11.9 Å². The Morgan fingerprint density at radius 1 is 1.53 bits per heavy atom. The van der Waals surface area contributed by atoms with Crippen molar-refractivity contribution in [3.63, 3.8) is 0 Å². The van der Waals surface area contributed by atoms with E-state index in [1.54, 1.807) is 0 Å².